The quantitative estimate of drug-likeness (QED) is 0.516. The third-order valence-corrected chi connectivity index (χ3v) is 5.92. The highest BCUT2D eigenvalue weighted by atomic mass is 35.5. The van der Waals surface area contributed by atoms with Crippen molar-refractivity contribution in [3.05, 3.63) is 64.4 Å². The third-order valence-electron chi connectivity index (χ3n) is 4.30. The van der Waals surface area contributed by atoms with E-state index in [1.165, 1.54) is 11.8 Å². The van der Waals surface area contributed by atoms with Gasteiger partial charge in [-0.05, 0) is 43.7 Å². The molecule has 0 saturated carbocycles. The molecule has 1 N–H and O–H groups in total. The number of ether oxygens (including phenoxy) is 1. The van der Waals surface area contributed by atoms with E-state index in [0.717, 1.165) is 11.3 Å². The van der Waals surface area contributed by atoms with Gasteiger partial charge in [0, 0.05) is 10.0 Å². The number of hydrogen-bond acceptors (Lipinski definition) is 5. The Labute approximate surface area is 183 Å². The summed E-state index contributed by atoms with van der Waals surface area (Å²) < 4.78 is 7.21. The summed E-state index contributed by atoms with van der Waals surface area (Å²) in [6.07, 6.45) is 1.60. The lowest BCUT2D eigenvalue weighted by molar-refractivity contribution is -0.120. The summed E-state index contributed by atoms with van der Waals surface area (Å²) in [5.41, 5.74) is 1.61. The van der Waals surface area contributed by atoms with E-state index in [1.807, 2.05) is 44.2 Å². The van der Waals surface area contributed by atoms with Crippen LogP contribution in [0.2, 0.25) is 10.0 Å². The predicted molar refractivity (Wildman–Crippen MR) is 116 cm³/mol. The molecular weight excluding hydrogens is 431 g/mol. The van der Waals surface area contributed by atoms with Crippen molar-refractivity contribution in [3.63, 3.8) is 0 Å². The average molecular weight is 451 g/mol. The van der Waals surface area contributed by atoms with Crippen LogP contribution in [0.1, 0.15) is 25.5 Å². The summed E-state index contributed by atoms with van der Waals surface area (Å²) in [6, 6.07) is 12.5. The smallest absolute Gasteiger partial charge is 0.233 e. The first-order valence-electron chi connectivity index (χ1n) is 8.86. The fourth-order valence-corrected chi connectivity index (χ4v) is 4.19. The van der Waals surface area contributed by atoms with Gasteiger partial charge in [-0.25, -0.2) is 0 Å². The van der Waals surface area contributed by atoms with Crippen LogP contribution in [0.4, 0.5) is 0 Å². The van der Waals surface area contributed by atoms with Gasteiger partial charge in [0.1, 0.15) is 12.1 Å². The van der Waals surface area contributed by atoms with E-state index in [1.54, 1.807) is 30.1 Å². The molecule has 0 saturated heterocycles. The van der Waals surface area contributed by atoms with Crippen molar-refractivity contribution in [2.45, 2.75) is 30.3 Å². The number of aromatic nitrogens is 3. The maximum absolute atomic E-state index is 12.7. The Hall–Kier alpha value is -2.22. The Morgan fingerprint density at radius 3 is 2.69 bits per heavy atom. The molecule has 0 bridgehead atoms. The van der Waals surface area contributed by atoms with Crippen molar-refractivity contribution >= 4 is 40.9 Å². The molecule has 0 aliphatic rings. The van der Waals surface area contributed by atoms with Crippen LogP contribution in [0.15, 0.2) is 53.9 Å². The molecule has 1 amide bonds. The number of rotatable bonds is 7. The lowest BCUT2D eigenvalue weighted by Gasteiger charge is -2.19. The number of benzene rings is 2. The van der Waals surface area contributed by atoms with Gasteiger partial charge in [0.2, 0.25) is 5.91 Å². The van der Waals surface area contributed by atoms with Crippen LogP contribution in [0.5, 0.6) is 5.75 Å². The molecule has 0 aliphatic heterocycles. The number of para-hydroxylation sites is 2. The number of nitrogens with zero attached hydrogens (tertiary/aromatic N) is 3. The topological polar surface area (TPSA) is 69.0 Å². The minimum Gasteiger partial charge on any atom is -0.495 e. The normalized spacial score (nSPS) is 13.0. The standard InChI is InChI=1S/C20H20Cl2N4O2S/c1-12(15-9-8-14(21)10-16(15)22)24-19(27)13(2)29-20-25-23-11-26(20)17-6-4-5-7-18(17)28-3/h4-13H,1-3H3,(H,24,27)/t12-,13+/m0/s1. The molecule has 9 heteroatoms. The summed E-state index contributed by atoms with van der Waals surface area (Å²) in [5, 5.41) is 12.4. The van der Waals surface area contributed by atoms with Gasteiger partial charge in [-0.3, -0.25) is 9.36 Å². The summed E-state index contributed by atoms with van der Waals surface area (Å²) in [7, 11) is 1.61. The monoisotopic (exact) mass is 450 g/mol. The van der Waals surface area contributed by atoms with E-state index in [0.29, 0.717) is 21.0 Å². The van der Waals surface area contributed by atoms with E-state index in [2.05, 4.69) is 15.5 Å². The second-order valence-electron chi connectivity index (χ2n) is 6.31. The van der Waals surface area contributed by atoms with E-state index in [9.17, 15) is 4.79 Å². The largest absolute Gasteiger partial charge is 0.495 e. The molecule has 0 radical (unpaired) electrons. The molecule has 3 aromatic rings. The second-order valence-corrected chi connectivity index (χ2v) is 8.46. The molecule has 29 heavy (non-hydrogen) atoms. The number of carbonyl (C=O) groups excluding carboxylic acids is 1. The van der Waals surface area contributed by atoms with Crippen molar-refractivity contribution < 1.29 is 9.53 Å². The SMILES string of the molecule is COc1ccccc1-n1cnnc1S[C@H](C)C(=O)N[C@@H](C)c1ccc(Cl)cc1Cl. The number of thioether (sulfide) groups is 1. The second kappa shape index (κ2) is 9.52. The zero-order valence-corrected chi connectivity index (χ0v) is 18.4. The molecule has 6 nitrogen and oxygen atoms in total. The lowest BCUT2D eigenvalue weighted by atomic mass is 10.1. The summed E-state index contributed by atoms with van der Waals surface area (Å²) in [6.45, 7) is 3.69. The van der Waals surface area contributed by atoms with Crippen LogP contribution in [-0.2, 0) is 4.79 Å². The van der Waals surface area contributed by atoms with Crippen LogP contribution in [-0.4, -0.2) is 33.0 Å². The molecular formula is C20H20Cl2N4O2S. The minimum absolute atomic E-state index is 0.136. The molecule has 2 atom stereocenters. The molecule has 0 unspecified atom stereocenters. The van der Waals surface area contributed by atoms with Gasteiger partial charge in [0.15, 0.2) is 5.16 Å². The number of amides is 1. The molecule has 0 fully saturated rings. The highest BCUT2D eigenvalue weighted by Crippen LogP contribution is 2.30. The Balaban J connectivity index is 1.72. The highest BCUT2D eigenvalue weighted by Gasteiger charge is 2.22. The van der Waals surface area contributed by atoms with Crippen molar-refractivity contribution in [1.82, 2.24) is 20.1 Å². The number of hydrogen-bond donors (Lipinski definition) is 1. The number of halogens is 2. The van der Waals surface area contributed by atoms with Gasteiger partial charge < -0.3 is 10.1 Å². The summed E-state index contributed by atoms with van der Waals surface area (Å²) in [4.78, 5) is 12.7. The zero-order chi connectivity index (χ0) is 21.0. The maximum Gasteiger partial charge on any atom is 0.233 e. The Morgan fingerprint density at radius 1 is 1.21 bits per heavy atom. The van der Waals surface area contributed by atoms with Crippen molar-refractivity contribution in [2.24, 2.45) is 0 Å². The number of nitrogens with one attached hydrogen (secondary N) is 1. The summed E-state index contributed by atoms with van der Waals surface area (Å²) in [5.74, 6) is 0.556. The van der Waals surface area contributed by atoms with Crippen molar-refractivity contribution in [2.75, 3.05) is 7.11 Å². The Kier molecular flexibility index (Phi) is 7.05. The number of methoxy groups -OCH3 is 1. The van der Waals surface area contributed by atoms with E-state index < -0.39 is 5.25 Å². The molecule has 0 aliphatic carbocycles. The summed E-state index contributed by atoms with van der Waals surface area (Å²) >= 11 is 13.5. The third kappa shape index (κ3) is 5.04. The Bertz CT molecular complexity index is 1010. The molecule has 152 valence electrons. The Morgan fingerprint density at radius 2 is 1.97 bits per heavy atom. The average Bonchev–Trinajstić information content (AvgIpc) is 3.15. The molecule has 0 spiro atoms. The molecule has 2 aromatic carbocycles. The van der Waals surface area contributed by atoms with Crippen LogP contribution in [0.25, 0.3) is 5.69 Å². The van der Waals surface area contributed by atoms with Crippen LogP contribution in [0.3, 0.4) is 0 Å². The number of carbonyl (C=O) groups is 1. The first-order chi connectivity index (χ1) is 13.9. The maximum atomic E-state index is 12.7. The van der Waals surface area contributed by atoms with E-state index >= 15 is 0 Å². The fraction of sp³-hybridized carbons (Fsp3) is 0.250. The first-order valence-corrected chi connectivity index (χ1v) is 10.5. The first kappa shape index (κ1) is 21.5. The zero-order valence-electron chi connectivity index (χ0n) is 16.1. The molecule has 1 aromatic heterocycles. The van der Waals surface area contributed by atoms with Crippen LogP contribution < -0.4 is 10.1 Å². The van der Waals surface area contributed by atoms with Crippen LogP contribution >= 0.6 is 35.0 Å². The van der Waals surface area contributed by atoms with Gasteiger partial charge >= 0.3 is 0 Å². The van der Waals surface area contributed by atoms with Gasteiger partial charge in [-0.2, -0.15) is 0 Å². The van der Waals surface area contributed by atoms with Crippen molar-refractivity contribution in [1.29, 1.82) is 0 Å². The van der Waals surface area contributed by atoms with Gasteiger partial charge in [0.05, 0.1) is 24.1 Å². The van der Waals surface area contributed by atoms with E-state index in [4.69, 9.17) is 27.9 Å². The molecule has 1 heterocycles. The van der Waals surface area contributed by atoms with Gasteiger partial charge in [0.25, 0.3) is 0 Å². The van der Waals surface area contributed by atoms with Crippen molar-refractivity contribution in [3.8, 4) is 11.4 Å². The highest BCUT2D eigenvalue weighted by molar-refractivity contribution is 8.00. The minimum atomic E-state index is -0.402. The van der Waals surface area contributed by atoms with E-state index in [-0.39, 0.29) is 11.9 Å². The molecule has 3 rings (SSSR count). The lowest BCUT2D eigenvalue weighted by Crippen LogP contribution is -2.33. The predicted octanol–water partition coefficient (Wildman–Crippen LogP) is 4.94. The van der Waals surface area contributed by atoms with Gasteiger partial charge in [-0.15, -0.1) is 10.2 Å². The van der Waals surface area contributed by atoms with Crippen LogP contribution in [0, 0.1) is 0 Å². The fourth-order valence-electron chi connectivity index (χ4n) is 2.77. The van der Waals surface area contributed by atoms with Gasteiger partial charge in [-0.1, -0.05) is 53.2 Å².